The third-order valence-corrected chi connectivity index (χ3v) is 4.94. The van der Waals surface area contributed by atoms with Crippen molar-refractivity contribution < 1.29 is 9.84 Å². The van der Waals surface area contributed by atoms with Gasteiger partial charge in [0.2, 0.25) is 0 Å². The molecule has 3 aromatic rings. The number of rotatable bonds is 4. The Kier molecular flexibility index (Phi) is 4.73. The van der Waals surface area contributed by atoms with Crippen LogP contribution >= 0.6 is 11.6 Å². The van der Waals surface area contributed by atoms with E-state index in [0.717, 1.165) is 28.3 Å². The average molecular weight is 379 g/mol. The number of hydrogen-bond donors (Lipinski definition) is 1. The molecule has 0 aliphatic carbocycles. The molecule has 3 aromatic carbocycles. The van der Waals surface area contributed by atoms with Crippen molar-refractivity contribution in [2.75, 3.05) is 12.1 Å². The molecule has 4 nitrogen and oxygen atoms in total. The zero-order chi connectivity index (χ0) is 18.8. The van der Waals surface area contributed by atoms with Gasteiger partial charge in [0.1, 0.15) is 11.5 Å². The molecule has 1 aliphatic heterocycles. The highest BCUT2D eigenvalue weighted by Gasteiger charge is 2.31. The molecule has 1 aliphatic rings. The second-order valence-electron chi connectivity index (χ2n) is 6.38. The fraction of sp³-hybridized carbons (Fsp3) is 0.136. The molecule has 5 heteroatoms. The number of aromatic hydroxyl groups is 1. The summed E-state index contributed by atoms with van der Waals surface area (Å²) in [6.07, 6.45) is 0.662. The predicted octanol–water partition coefficient (Wildman–Crippen LogP) is 5.41. The van der Waals surface area contributed by atoms with Gasteiger partial charge in [-0.3, -0.25) is 5.01 Å². The third kappa shape index (κ3) is 3.49. The predicted molar refractivity (Wildman–Crippen MR) is 109 cm³/mol. The molecule has 0 fully saturated rings. The Hall–Kier alpha value is -2.98. The van der Waals surface area contributed by atoms with Gasteiger partial charge in [-0.25, -0.2) is 0 Å². The lowest BCUT2D eigenvalue weighted by molar-refractivity contribution is 0.415. The number of phenols is 1. The summed E-state index contributed by atoms with van der Waals surface area (Å²) in [5, 5.41) is 17.8. The van der Waals surface area contributed by atoms with Gasteiger partial charge >= 0.3 is 0 Å². The minimum Gasteiger partial charge on any atom is -0.508 e. The summed E-state index contributed by atoms with van der Waals surface area (Å²) in [4.78, 5) is 0. The molecule has 27 heavy (non-hydrogen) atoms. The number of benzene rings is 3. The first kappa shape index (κ1) is 17.4. The van der Waals surface area contributed by atoms with Crippen molar-refractivity contribution in [3.8, 4) is 11.5 Å². The molecule has 1 N–H and O–H groups in total. The Morgan fingerprint density at radius 3 is 2.48 bits per heavy atom. The van der Waals surface area contributed by atoms with Crippen LogP contribution in [0.5, 0.6) is 11.5 Å². The first-order chi connectivity index (χ1) is 13.2. The smallest absolute Gasteiger partial charge is 0.121 e. The number of ether oxygens (including phenoxy) is 1. The summed E-state index contributed by atoms with van der Waals surface area (Å²) in [5.74, 6) is 1.03. The van der Waals surface area contributed by atoms with E-state index in [1.807, 2.05) is 65.7 Å². The zero-order valence-electron chi connectivity index (χ0n) is 14.8. The fourth-order valence-electron chi connectivity index (χ4n) is 3.32. The maximum atomic E-state index is 10.4. The van der Waals surface area contributed by atoms with E-state index >= 15 is 0 Å². The summed E-state index contributed by atoms with van der Waals surface area (Å²) < 4.78 is 5.24. The molecule has 0 aromatic heterocycles. The second kappa shape index (κ2) is 7.33. The normalized spacial score (nSPS) is 16.3. The molecule has 1 atom stereocenters. The number of hydrogen-bond acceptors (Lipinski definition) is 4. The van der Waals surface area contributed by atoms with E-state index < -0.39 is 0 Å². The Bertz CT molecular complexity index is 971. The fourth-order valence-corrected chi connectivity index (χ4v) is 3.50. The lowest BCUT2D eigenvalue weighted by Gasteiger charge is -2.24. The Morgan fingerprint density at radius 1 is 1.04 bits per heavy atom. The molecule has 0 radical (unpaired) electrons. The Labute approximate surface area is 163 Å². The zero-order valence-corrected chi connectivity index (χ0v) is 15.6. The molecule has 0 saturated carbocycles. The maximum absolute atomic E-state index is 10.4. The van der Waals surface area contributed by atoms with Crippen LogP contribution in [-0.4, -0.2) is 17.9 Å². The van der Waals surface area contributed by atoms with E-state index in [9.17, 15) is 5.11 Å². The number of phenolic OH excluding ortho intramolecular Hbond substituents is 1. The van der Waals surface area contributed by atoms with Crippen LogP contribution in [0.25, 0.3) is 0 Å². The quantitative estimate of drug-likeness (QED) is 0.660. The van der Waals surface area contributed by atoms with Crippen LogP contribution in [0.15, 0.2) is 77.9 Å². The highest BCUT2D eigenvalue weighted by Crippen LogP contribution is 2.40. The monoisotopic (exact) mass is 378 g/mol. The van der Waals surface area contributed by atoms with Crippen LogP contribution in [0.4, 0.5) is 5.69 Å². The van der Waals surface area contributed by atoms with Crippen molar-refractivity contribution in [1.29, 1.82) is 0 Å². The summed E-state index contributed by atoms with van der Waals surface area (Å²) >= 11 is 6.19. The van der Waals surface area contributed by atoms with E-state index in [1.165, 1.54) is 0 Å². The first-order valence-corrected chi connectivity index (χ1v) is 9.08. The molecular weight excluding hydrogens is 360 g/mol. The molecule has 0 saturated heterocycles. The lowest BCUT2D eigenvalue weighted by atomic mass is 9.97. The minimum absolute atomic E-state index is 0.136. The van der Waals surface area contributed by atoms with Gasteiger partial charge in [-0.05, 0) is 60.2 Å². The van der Waals surface area contributed by atoms with Gasteiger partial charge in [0.25, 0.3) is 0 Å². The number of methoxy groups -OCH3 is 1. The van der Waals surface area contributed by atoms with Crippen molar-refractivity contribution in [1.82, 2.24) is 0 Å². The number of anilines is 1. The van der Waals surface area contributed by atoms with Crippen LogP contribution in [0.1, 0.15) is 23.6 Å². The SMILES string of the molecule is COc1ccc(C2=NN(c3ccccc3)C(c3cc(Cl)ccc3O)C2)cc1. The van der Waals surface area contributed by atoms with Crippen molar-refractivity contribution >= 4 is 23.0 Å². The van der Waals surface area contributed by atoms with Gasteiger partial charge in [-0.15, -0.1) is 0 Å². The van der Waals surface area contributed by atoms with Crippen LogP contribution in [0.2, 0.25) is 5.02 Å². The van der Waals surface area contributed by atoms with Gasteiger partial charge in [0.15, 0.2) is 0 Å². The third-order valence-electron chi connectivity index (χ3n) is 4.70. The van der Waals surface area contributed by atoms with Crippen molar-refractivity contribution in [2.24, 2.45) is 5.10 Å². The van der Waals surface area contributed by atoms with Crippen LogP contribution < -0.4 is 9.75 Å². The summed E-state index contributed by atoms with van der Waals surface area (Å²) in [5.41, 5.74) is 3.70. The molecule has 0 bridgehead atoms. The lowest BCUT2D eigenvalue weighted by Crippen LogP contribution is -2.18. The summed E-state index contributed by atoms with van der Waals surface area (Å²) in [6.45, 7) is 0. The van der Waals surface area contributed by atoms with Crippen LogP contribution in [0.3, 0.4) is 0 Å². The topological polar surface area (TPSA) is 45.1 Å². The van der Waals surface area contributed by atoms with Gasteiger partial charge in [-0.2, -0.15) is 5.10 Å². The highest BCUT2D eigenvalue weighted by molar-refractivity contribution is 6.30. The van der Waals surface area contributed by atoms with E-state index in [-0.39, 0.29) is 11.8 Å². The van der Waals surface area contributed by atoms with Gasteiger partial charge in [0, 0.05) is 17.0 Å². The maximum Gasteiger partial charge on any atom is 0.121 e. The molecule has 1 unspecified atom stereocenters. The number of hydrazone groups is 1. The van der Waals surface area contributed by atoms with E-state index in [2.05, 4.69) is 0 Å². The molecule has 0 amide bonds. The molecule has 4 rings (SSSR count). The van der Waals surface area contributed by atoms with E-state index in [1.54, 1.807) is 19.2 Å². The molecule has 0 spiro atoms. The van der Waals surface area contributed by atoms with Gasteiger partial charge in [0.05, 0.1) is 24.6 Å². The largest absolute Gasteiger partial charge is 0.508 e. The average Bonchev–Trinajstić information content (AvgIpc) is 3.16. The Morgan fingerprint density at radius 2 is 1.78 bits per heavy atom. The Balaban J connectivity index is 1.76. The van der Waals surface area contributed by atoms with E-state index in [4.69, 9.17) is 21.4 Å². The summed E-state index contributed by atoms with van der Waals surface area (Å²) in [6, 6.07) is 22.8. The van der Waals surface area contributed by atoms with Crippen molar-refractivity contribution in [3.63, 3.8) is 0 Å². The minimum atomic E-state index is -0.136. The van der Waals surface area contributed by atoms with Crippen LogP contribution in [0, 0.1) is 0 Å². The number of para-hydroxylation sites is 1. The van der Waals surface area contributed by atoms with Crippen molar-refractivity contribution in [3.05, 3.63) is 88.9 Å². The van der Waals surface area contributed by atoms with Crippen LogP contribution in [-0.2, 0) is 0 Å². The second-order valence-corrected chi connectivity index (χ2v) is 6.81. The number of nitrogens with zero attached hydrogens (tertiary/aromatic N) is 2. The molecule has 1 heterocycles. The summed E-state index contributed by atoms with van der Waals surface area (Å²) in [7, 11) is 1.65. The van der Waals surface area contributed by atoms with Gasteiger partial charge in [-0.1, -0.05) is 29.8 Å². The first-order valence-electron chi connectivity index (χ1n) is 8.70. The van der Waals surface area contributed by atoms with E-state index in [0.29, 0.717) is 11.4 Å². The number of halogens is 1. The molecule has 136 valence electrons. The molecular formula is C22H19ClN2O2. The van der Waals surface area contributed by atoms with Gasteiger partial charge < -0.3 is 9.84 Å². The standard InChI is InChI=1S/C22H19ClN2O2/c1-27-18-10-7-15(8-11-18)20-14-21(19-13-16(23)9-12-22(19)26)25(24-20)17-5-3-2-4-6-17/h2-13,21,26H,14H2,1H3. The van der Waals surface area contributed by atoms with Crippen molar-refractivity contribution in [2.45, 2.75) is 12.5 Å². The highest BCUT2D eigenvalue weighted by atomic mass is 35.5.